The van der Waals surface area contributed by atoms with Crippen molar-refractivity contribution in [2.45, 2.75) is 6.92 Å². The molecule has 3 nitrogen and oxygen atoms in total. The SMILES string of the molecule is COc1ccccc1-n1c(C)c[nH]c1=S. The monoisotopic (exact) mass is 220 g/mol. The number of nitrogens with one attached hydrogen (secondary N) is 1. The molecule has 0 saturated heterocycles. The highest BCUT2D eigenvalue weighted by molar-refractivity contribution is 7.71. The summed E-state index contributed by atoms with van der Waals surface area (Å²) in [4.78, 5) is 3.01. The van der Waals surface area contributed by atoms with Gasteiger partial charge in [-0.15, -0.1) is 0 Å². The predicted molar refractivity (Wildman–Crippen MR) is 62.2 cm³/mol. The molecule has 78 valence electrons. The van der Waals surface area contributed by atoms with E-state index in [1.54, 1.807) is 7.11 Å². The van der Waals surface area contributed by atoms with Crippen LogP contribution in [0.25, 0.3) is 5.69 Å². The quantitative estimate of drug-likeness (QED) is 0.789. The van der Waals surface area contributed by atoms with Crippen molar-refractivity contribution in [1.82, 2.24) is 9.55 Å². The van der Waals surface area contributed by atoms with Crippen molar-refractivity contribution in [3.05, 3.63) is 40.9 Å². The first-order chi connectivity index (χ1) is 7.24. The van der Waals surface area contributed by atoms with Crippen molar-refractivity contribution in [3.63, 3.8) is 0 Å². The topological polar surface area (TPSA) is 29.9 Å². The number of imidazole rings is 1. The Labute approximate surface area is 93.3 Å². The standard InChI is InChI=1S/C11H12N2OS/c1-8-7-12-11(15)13(8)9-5-3-4-6-10(9)14-2/h3-7H,1-2H3,(H,12,15). The molecule has 2 rings (SSSR count). The maximum absolute atomic E-state index is 5.30. The van der Waals surface area contributed by atoms with Crippen LogP contribution in [0.2, 0.25) is 0 Å². The number of nitrogens with zero attached hydrogens (tertiary/aromatic N) is 1. The predicted octanol–water partition coefficient (Wildman–Crippen LogP) is 2.85. The van der Waals surface area contributed by atoms with Gasteiger partial charge in [-0.25, -0.2) is 0 Å². The highest BCUT2D eigenvalue weighted by atomic mass is 32.1. The molecule has 0 unspecified atom stereocenters. The van der Waals surface area contributed by atoms with Crippen LogP contribution in [0.1, 0.15) is 5.69 Å². The molecule has 0 saturated carbocycles. The van der Waals surface area contributed by atoms with Gasteiger partial charge in [0.2, 0.25) is 0 Å². The van der Waals surface area contributed by atoms with Crippen LogP contribution >= 0.6 is 12.2 Å². The maximum atomic E-state index is 5.30. The van der Waals surface area contributed by atoms with E-state index in [-0.39, 0.29) is 0 Å². The minimum absolute atomic E-state index is 0.678. The average molecular weight is 220 g/mol. The molecule has 0 aliphatic heterocycles. The largest absolute Gasteiger partial charge is 0.495 e. The lowest BCUT2D eigenvalue weighted by Gasteiger charge is -2.10. The molecule has 0 aliphatic carbocycles. The van der Waals surface area contributed by atoms with Gasteiger partial charge in [0.25, 0.3) is 0 Å². The van der Waals surface area contributed by atoms with Gasteiger partial charge in [0, 0.05) is 11.9 Å². The molecule has 1 aromatic carbocycles. The van der Waals surface area contributed by atoms with E-state index in [0.29, 0.717) is 4.77 Å². The third-order valence-corrected chi connectivity index (χ3v) is 2.59. The maximum Gasteiger partial charge on any atom is 0.182 e. The number of aryl methyl sites for hydroxylation is 1. The summed E-state index contributed by atoms with van der Waals surface area (Å²) in [6.45, 7) is 2.00. The number of aromatic amines is 1. The molecule has 0 atom stereocenters. The summed E-state index contributed by atoms with van der Waals surface area (Å²) in [5.74, 6) is 0.816. The van der Waals surface area contributed by atoms with Gasteiger partial charge in [-0.05, 0) is 31.3 Å². The van der Waals surface area contributed by atoms with Gasteiger partial charge < -0.3 is 9.72 Å². The fourth-order valence-corrected chi connectivity index (χ4v) is 1.87. The van der Waals surface area contributed by atoms with E-state index in [1.807, 2.05) is 42.0 Å². The smallest absolute Gasteiger partial charge is 0.182 e. The Balaban J connectivity index is 2.69. The summed E-state index contributed by atoms with van der Waals surface area (Å²) in [5, 5.41) is 0. The summed E-state index contributed by atoms with van der Waals surface area (Å²) in [7, 11) is 1.66. The van der Waals surface area contributed by atoms with Gasteiger partial charge in [0.05, 0.1) is 12.8 Å². The van der Waals surface area contributed by atoms with E-state index < -0.39 is 0 Å². The highest BCUT2D eigenvalue weighted by Crippen LogP contribution is 2.23. The van der Waals surface area contributed by atoms with Crippen LogP contribution in [0.3, 0.4) is 0 Å². The van der Waals surface area contributed by atoms with Crippen LogP contribution in [-0.2, 0) is 0 Å². The normalized spacial score (nSPS) is 10.3. The number of rotatable bonds is 2. The van der Waals surface area contributed by atoms with Crippen LogP contribution in [0.4, 0.5) is 0 Å². The second kappa shape index (κ2) is 3.90. The van der Waals surface area contributed by atoms with Gasteiger partial charge in [-0.3, -0.25) is 4.57 Å². The van der Waals surface area contributed by atoms with Crippen molar-refractivity contribution < 1.29 is 4.74 Å². The fourth-order valence-electron chi connectivity index (χ4n) is 1.57. The molecule has 1 heterocycles. The summed E-state index contributed by atoms with van der Waals surface area (Å²) < 4.78 is 7.93. The molecule has 0 fully saturated rings. The number of hydrogen-bond donors (Lipinski definition) is 1. The lowest BCUT2D eigenvalue weighted by atomic mass is 10.3. The molecule has 0 amide bonds. The number of benzene rings is 1. The van der Waals surface area contributed by atoms with Crippen molar-refractivity contribution >= 4 is 12.2 Å². The molecule has 4 heteroatoms. The second-order valence-electron chi connectivity index (χ2n) is 3.24. The number of H-pyrrole nitrogens is 1. The van der Waals surface area contributed by atoms with Gasteiger partial charge in [0.1, 0.15) is 5.75 Å². The van der Waals surface area contributed by atoms with Crippen LogP contribution < -0.4 is 4.74 Å². The molecule has 0 bridgehead atoms. The first-order valence-electron chi connectivity index (χ1n) is 4.64. The van der Waals surface area contributed by atoms with E-state index in [1.165, 1.54) is 0 Å². The van der Waals surface area contributed by atoms with E-state index >= 15 is 0 Å². The van der Waals surface area contributed by atoms with Crippen LogP contribution in [0.5, 0.6) is 5.75 Å². The Morgan fingerprint density at radius 2 is 2.07 bits per heavy atom. The first-order valence-corrected chi connectivity index (χ1v) is 5.05. The molecule has 1 aromatic heterocycles. The first kappa shape index (κ1) is 9.98. The van der Waals surface area contributed by atoms with Crippen molar-refractivity contribution in [2.24, 2.45) is 0 Å². The number of ether oxygens (including phenoxy) is 1. The third kappa shape index (κ3) is 1.68. The Kier molecular flexibility index (Phi) is 2.60. The number of methoxy groups -OCH3 is 1. The minimum atomic E-state index is 0.678. The molecular weight excluding hydrogens is 208 g/mol. The summed E-state index contributed by atoms with van der Waals surface area (Å²) >= 11 is 5.21. The van der Waals surface area contributed by atoms with E-state index in [9.17, 15) is 0 Å². The number of para-hydroxylation sites is 2. The van der Waals surface area contributed by atoms with Gasteiger partial charge in [-0.1, -0.05) is 12.1 Å². The third-order valence-electron chi connectivity index (χ3n) is 2.29. The summed E-state index contributed by atoms with van der Waals surface area (Å²) in [5.41, 5.74) is 2.02. The number of aromatic nitrogens is 2. The zero-order chi connectivity index (χ0) is 10.8. The second-order valence-corrected chi connectivity index (χ2v) is 3.63. The zero-order valence-corrected chi connectivity index (χ0v) is 9.47. The van der Waals surface area contributed by atoms with Crippen LogP contribution in [-0.4, -0.2) is 16.7 Å². The Bertz CT molecular complexity index is 527. The Morgan fingerprint density at radius 3 is 2.67 bits per heavy atom. The summed E-state index contributed by atoms with van der Waals surface area (Å²) in [6, 6.07) is 7.80. The molecular formula is C11H12N2OS. The summed E-state index contributed by atoms with van der Waals surface area (Å²) in [6.07, 6.45) is 1.88. The lowest BCUT2D eigenvalue weighted by Crippen LogP contribution is -1.99. The molecule has 1 N–H and O–H groups in total. The molecule has 15 heavy (non-hydrogen) atoms. The van der Waals surface area contributed by atoms with E-state index in [2.05, 4.69) is 4.98 Å². The van der Waals surface area contributed by atoms with Gasteiger partial charge >= 0.3 is 0 Å². The molecule has 0 aliphatic rings. The fraction of sp³-hybridized carbons (Fsp3) is 0.182. The van der Waals surface area contributed by atoms with Crippen molar-refractivity contribution in [1.29, 1.82) is 0 Å². The minimum Gasteiger partial charge on any atom is -0.495 e. The number of hydrogen-bond acceptors (Lipinski definition) is 2. The Morgan fingerprint density at radius 1 is 1.33 bits per heavy atom. The average Bonchev–Trinajstić information content (AvgIpc) is 2.59. The van der Waals surface area contributed by atoms with Crippen molar-refractivity contribution in [2.75, 3.05) is 7.11 Å². The molecule has 0 radical (unpaired) electrons. The van der Waals surface area contributed by atoms with Crippen LogP contribution in [0.15, 0.2) is 30.5 Å². The van der Waals surface area contributed by atoms with E-state index in [4.69, 9.17) is 17.0 Å². The lowest BCUT2D eigenvalue weighted by molar-refractivity contribution is 0.412. The van der Waals surface area contributed by atoms with Gasteiger partial charge in [-0.2, -0.15) is 0 Å². The molecule has 2 aromatic rings. The highest BCUT2D eigenvalue weighted by Gasteiger charge is 2.07. The van der Waals surface area contributed by atoms with Gasteiger partial charge in [0.15, 0.2) is 4.77 Å². The zero-order valence-electron chi connectivity index (χ0n) is 8.65. The van der Waals surface area contributed by atoms with Crippen LogP contribution in [0, 0.1) is 11.7 Å². The Hall–Kier alpha value is -1.55. The van der Waals surface area contributed by atoms with Crippen molar-refractivity contribution in [3.8, 4) is 11.4 Å². The van der Waals surface area contributed by atoms with E-state index in [0.717, 1.165) is 17.1 Å². The molecule has 0 spiro atoms.